The third-order valence-electron chi connectivity index (χ3n) is 5.05. The molecule has 4 heterocycles. The standard InChI is InChI=1S/C18H25N3O2S/c1-15-2-3-16(23-15)10-21-7-8-22-14-18(13-21)4-6-20(12-18)11-17-19-5-9-24-17/h2-3,5,9H,4,6-8,10-14H2,1H3/t18-/m0/s1. The molecule has 2 saturated heterocycles. The predicted octanol–water partition coefficient (Wildman–Crippen LogP) is 2.77. The van der Waals surface area contributed by atoms with Gasteiger partial charge in [0.1, 0.15) is 16.5 Å². The van der Waals surface area contributed by atoms with Crippen LogP contribution in [0.3, 0.4) is 0 Å². The van der Waals surface area contributed by atoms with Crippen LogP contribution in [0.4, 0.5) is 0 Å². The number of likely N-dealkylation sites (tertiary alicyclic amines) is 1. The van der Waals surface area contributed by atoms with Gasteiger partial charge in [-0.2, -0.15) is 0 Å². The molecular formula is C18H25N3O2S. The summed E-state index contributed by atoms with van der Waals surface area (Å²) in [4.78, 5) is 9.46. The van der Waals surface area contributed by atoms with E-state index in [1.807, 2.05) is 19.2 Å². The van der Waals surface area contributed by atoms with Crippen molar-refractivity contribution in [1.29, 1.82) is 0 Å². The number of furan rings is 1. The molecule has 2 fully saturated rings. The number of thiazole rings is 1. The molecule has 2 aliphatic heterocycles. The van der Waals surface area contributed by atoms with Crippen LogP contribution in [0.5, 0.6) is 0 Å². The first-order valence-electron chi connectivity index (χ1n) is 8.67. The maximum Gasteiger partial charge on any atom is 0.118 e. The number of ether oxygens (including phenoxy) is 1. The first-order chi connectivity index (χ1) is 11.7. The Morgan fingerprint density at radius 2 is 2.08 bits per heavy atom. The fraction of sp³-hybridized carbons (Fsp3) is 0.611. The number of nitrogens with zero attached hydrogens (tertiary/aromatic N) is 3. The molecule has 2 aliphatic rings. The number of aromatic nitrogens is 1. The Morgan fingerprint density at radius 3 is 2.83 bits per heavy atom. The summed E-state index contributed by atoms with van der Waals surface area (Å²) < 4.78 is 11.7. The van der Waals surface area contributed by atoms with Crippen LogP contribution in [0, 0.1) is 12.3 Å². The van der Waals surface area contributed by atoms with E-state index in [0.717, 1.165) is 64.0 Å². The zero-order chi connectivity index (χ0) is 16.4. The zero-order valence-electron chi connectivity index (χ0n) is 14.2. The number of hydrogen-bond donors (Lipinski definition) is 0. The topological polar surface area (TPSA) is 41.7 Å². The molecule has 0 N–H and O–H groups in total. The highest BCUT2D eigenvalue weighted by molar-refractivity contribution is 7.09. The van der Waals surface area contributed by atoms with Gasteiger partial charge in [-0.3, -0.25) is 9.80 Å². The molecule has 130 valence electrons. The number of aryl methyl sites for hydroxylation is 1. The van der Waals surface area contributed by atoms with Gasteiger partial charge in [-0.05, 0) is 32.0 Å². The van der Waals surface area contributed by atoms with Crippen LogP contribution in [0.15, 0.2) is 28.1 Å². The highest BCUT2D eigenvalue weighted by atomic mass is 32.1. The van der Waals surface area contributed by atoms with Crippen LogP contribution in [-0.2, 0) is 17.8 Å². The van der Waals surface area contributed by atoms with Gasteiger partial charge in [0.05, 0.1) is 26.3 Å². The van der Waals surface area contributed by atoms with E-state index >= 15 is 0 Å². The molecule has 0 unspecified atom stereocenters. The number of rotatable bonds is 4. The second kappa shape index (κ2) is 6.96. The van der Waals surface area contributed by atoms with Gasteiger partial charge in [0.15, 0.2) is 0 Å². The second-order valence-electron chi connectivity index (χ2n) is 7.16. The van der Waals surface area contributed by atoms with Gasteiger partial charge in [-0.25, -0.2) is 4.98 Å². The summed E-state index contributed by atoms with van der Waals surface area (Å²) >= 11 is 1.75. The molecule has 0 aliphatic carbocycles. The Kier molecular flexibility index (Phi) is 4.72. The highest BCUT2D eigenvalue weighted by Crippen LogP contribution is 2.34. The maximum atomic E-state index is 5.98. The fourth-order valence-electron chi connectivity index (χ4n) is 3.94. The molecule has 4 rings (SSSR count). The van der Waals surface area contributed by atoms with Crippen LogP contribution in [-0.4, -0.2) is 54.2 Å². The third-order valence-corrected chi connectivity index (χ3v) is 5.82. The second-order valence-corrected chi connectivity index (χ2v) is 8.14. The molecule has 0 radical (unpaired) electrons. The summed E-state index contributed by atoms with van der Waals surface area (Å²) in [6.45, 7) is 9.83. The average molecular weight is 347 g/mol. The third kappa shape index (κ3) is 3.72. The first kappa shape index (κ1) is 16.3. The predicted molar refractivity (Wildman–Crippen MR) is 94.0 cm³/mol. The van der Waals surface area contributed by atoms with Gasteiger partial charge >= 0.3 is 0 Å². The van der Waals surface area contributed by atoms with E-state index < -0.39 is 0 Å². The summed E-state index contributed by atoms with van der Waals surface area (Å²) in [5.41, 5.74) is 0.245. The smallest absolute Gasteiger partial charge is 0.118 e. The molecule has 24 heavy (non-hydrogen) atoms. The molecule has 5 nitrogen and oxygen atoms in total. The fourth-order valence-corrected chi connectivity index (χ4v) is 4.60. The molecule has 0 amide bonds. The van der Waals surface area contributed by atoms with E-state index in [0.29, 0.717) is 0 Å². The van der Waals surface area contributed by atoms with Crippen molar-refractivity contribution in [3.05, 3.63) is 40.2 Å². The van der Waals surface area contributed by atoms with E-state index in [1.165, 1.54) is 11.4 Å². The van der Waals surface area contributed by atoms with E-state index in [9.17, 15) is 0 Å². The van der Waals surface area contributed by atoms with Crippen LogP contribution < -0.4 is 0 Å². The Labute approximate surface area is 147 Å². The van der Waals surface area contributed by atoms with Crippen molar-refractivity contribution in [3.8, 4) is 0 Å². The first-order valence-corrected chi connectivity index (χ1v) is 9.55. The lowest BCUT2D eigenvalue weighted by molar-refractivity contribution is 0.0704. The zero-order valence-corrected chi connectivity index (χ0v) is 15.1. The van der Waals surface area contributed by atoms with Crippen molar-refractivity contribution in [2.45, 2.75) is 26.4 Å². The van der Waals surface area contributed by atoms with Crippen LogP contribution in [0.2, 0.25) is 0 Å². The minimum absolute atomic E-state index is 0.245. The minimum Gasteiger partial charge on any atom is -0.465 e. The van der Waals surface area contributed by atoms with Gasteiger partial charge in [-0.1, -0.05) is 0 Å². The average Bonchev–Trinajstić information content (AvgIpc) is 3.25. The molecule has 0 saturated carbocycles. The maximum absolute atomic E-state index is 5.98. The molecular weight excluding hydrogens is 322 g/mol. The normalized spacial score (nSPS) is 26.2. The van der Waals surface area contributed by atoms with E-state index in [-0.39, 0.29) is 5.41 Å². The quantitative estimate of drug-likeness (QED) is 0.851. The van der Waals surface area contributed by atoms with Crippen molar-refractivity contribution >= 4 is 11.3 Å². The van der Waals surface area contributed by atoms with E-state index in [2.05, 4.69) is 26.2 Å². The monoisotopic (exact) mass is 347 g/mol. The number of hydrogen-bond acceptors (Lipinski definition) is 6. The summed E-state index contributed by atoms with van der Waals surface area (Å²) in [5.74, 6) is 2.04. The molecule has 0 bridgehead atoms. The van der Waals surface area contributed by atoms with Crippen LogP contribution in [0.25, 0.3) is 0 Å². The summed E-state index contributed by atoms with van der Waals surface area (Å²) in [7, 11) is 0. The van der Waals surface area contributed by atoms with Crippen molar-refractivity contribution in [1.82, 2.24) is 14.8 Å². The molecule has 1 spiro atoms. The lowest BCUT2D eigenvalue weighted by Crippen LogP contribution is -2.40. The van der Waals surface area contributed by atoms with Gasteiger partial charge in [0.25, 0.3) is 0 Å². The molecule has 0 aromatic carbocycles. The Balaban J connectivity index is 1.40. The van der Waals surface area contributed by atoms with E-state index in [4.69, 9.17) is 9.15 Å². The summed E-state index contributed by atoms with van der Waals surface area (Å²) in [6.07, 6.45) is 3.10. The highest BCUT2D eigenvalue weighted by Gasteiger charge is 2.41. The van der Waals surface area contributed by atoms with Crippen molar-refractivity contribution in [3.63, 3.8) is 0 Å². The van der Waals surface area contributed by atoms with Crippen molar-refractivity contribution in [2.24, 2.45) is 5.41 Å². The Hall–Kier alpha value is -1.21. The molecule has 1 atom stereocenters. The SMILES string of the molecule is Cc1ccc(CN2CCOC[C@]3(CCN(Cc4nccs4)C3)C2)o1. The lowest BCUT2D eigenvalue weighted by Gasteiger charge is -2.31. The molecule has 6 heteroatoms. The van der Waals surface area contributed by atoms with Crippen LogP contribution in [0.1, 0.15) is 22.9 Å². The van der Waals surface area contributed by atoms with Gasteiger partial charge < -0.3 is 9.15 Å². The Morgan fingerprint density at radius 1 is 1.21 bits per heavy atom. The largest absolute Gasteiger partial charge is 0.465 e. The minimum atomic E-state index is 0.245. The van der Waals surface area contributed by atoms with Crippen molar-refractivity contribution in [2.75, 3.05) is 39.4 Å². The summed E-state index contributed by atoms with van der Waals surface area (Å²) in [5, 5.41) is 3.27. The molecule has 2 aromatic rings. The summed E-state index contributed by atoms with van der Waals surface area (Å²) in [6, 6.07) is 4.14. The lowest BCUT2D eigenvalue weighted by atomic mass is 9.87. The van der Waals surface area contributed by atoms with Crippen molar-refractivity contribution < 1.29 is 9.15 Å². The van der Waals surface area contributed by atoms with Gasteiger partial charge in [0.2, 0.25) is 0 Å². The van der Waals surface area contributed by atoms with Crippen LogP contribution >= 0.6 is 11.3 Å². The van der Waals surface area contributed by atoms with Gasteiger partial charge in [-0.15, -0.1) is 11.3 Å². The Bertz CT molecular complexity index is 657. The molecule has 2 aromatic heterocycles. The van der Waals surface area contributed by atoms with Gasteiger partial charge in [0, 0.05) is 36.6 Å². The van der Waals surface area contributed by atoms with E-state index in [1.54, 1.807) is 11.3 Å².